The number of benzene rings is 1. The molecule has 0 spiro atoms. The van der Waals surface area contributed by atoms with Crippen molar-refractivity contribution in [3.05, 3.63) is 41.8 Å². The second-order valence-electron chi connectivity index (χ2n) is 8.16. The van der Waals surface area contributed by atoms with Crippen LogP contribution in [-0.4, -0.2) is 62.4 Å². The summed E-state index contributed by atoms with van der Waals surface area (Å²) in [5.41, 5.74) is 2.15. The molecule has 3 N–H and O–H groups in total. The molecule has 1 aliphatic heterocycles. The number of aliphatic hydroxyl groups is 1. The lowest BCUT2D eigenvalue weighted by Gasteiger charge is -2.30. The van der Waals surface area contributed by atoms with E-state index >= 15 is 0 Å². The highest BCUT2D eigenvalue weighted by Crippen LogP contribution is 2.29. The fourth-order valence-corrected chi connectivity index (χ4v) is 3.70. The zero-order valence-electron chi connectivity index (χ0n) is 19.1. The van der Waals surface area contributed by atoms with Gasteiger partial charge in [-0.05, 0) is 48.1 Å². The SMILES string of the molecule is COc1ccc2[nH]cc(CCNC(=O)C3=CC(C(C)C)CC(OCCOCCO)O3)c2c1. The lowest BCUT2D eigenvalue weighted by atomic mass is 9.90. The Morgan fingerprint density at radius 3 is 2.91 bits per heavy atom. The molecule has 3 rings (SSSR count). The summed E-state index contributed by atoms with van der Waals surface area (Å²) in [7, 11) is 1.65. The van der Waals surface area contributed by atoms with E-state index in [4.69, 9.17) is 24.1 Å². The summed E-state index contributed by atoms with van der Waals surface area (Å²) in [4.78, 5) is 16.0. The van der Waals surface area contributed by atoms with Crippen molar-refractivity contribution in [2.75, 3.05) is 40.1 Å². The Bertz CT molecular complexity index is 907. The van der Waals surface area contributed by atoms with Crippen molar-refractivity contribution < 1.29 is 28.8 Å². The molecule has 0 bridgehead atoms. The van der Waals surface area contributed by atoms with Gasteiger partial charge in [0.2, 0.25) is 6.29 Å². The standard InChI is InChI=1S/C24H34N2O6/c1-16(2)18-12-22(32-23(13-18)31-11-10-30-9-8-27)24(28)25-7-6-17-15-26-21-5-4-19(29-3)14-20(17)21/h4-5,12,14-16,18,23,26-27H,6-11,13H2,1-3H3,(H,25,28). The molecule has 32 heavy (non-hydrogen) atoms. The van der Waals surface area contributed by atoms with Crippen LogP contribution in [0, 0.1) is 11.8 Å². The van der Waals surface area contributed by atoms with Crippen LogP contribution >= 0.6 is 0 Å². The number of nitrogens with one attached hydrogen (secondary N) is 2. The number of carbonyl (C=O) groups is 1. The molecular formula is C24H34N2O6. The average Bonchev–Trinajstić information content (AvgIpc) is 3.20. The molecular weight excluding hydrogens is 412 g/mol. The Hall–Kier alpha value is -2.55. The minimum Gasteiger partial charge on any atom is -0.497 e. The Balaban J connectivity index is 1.54. The Labute approximate surface area is 188 Å². The van der Waals surface area contributed by atoms with Gasteiger partial charge in [0, 0.05) is 30.1 Å². The van der Waals surface area contributed by atoms with Crippen molar-refractivity contribution in [2.24, 2.45) is 11.8 Å². The fourth-order valence-electron chi connectivity index (χ4n) is 3.70. The third-order valence-corrected chi connectivity index (χ3v) is 5.59. The monoisotopic (exact) mass is 446 g/mol. The van der Waals surface area contributed by atoms with Gasteiger partial charge in [0.1, 0.15) is 5.75 Å². The van der Waals surface area contributed by atoms with Gasteiger partial charge in [-0.25, -0.2) is 0 Å². The minimum absolute atomic E-state index is 0.0193. The Morgan fingerprint density at radius 2 is 2.16 bits per heavy atom. The van der Waals surface area contributed by atoms with E-state index in [0.717, 1.165) is 22.2 Å². The normalized spacial score (nSPS) is 18.5. The van der Waals surface area contributed by atoms with Crippen molar-refractivity contribution in [1.82, 2.24) is 10.3 Å². The molecule has 2 unspecified atom stereocenters. The van der Waals surface area contributed by atoms with Gasteiger partial charge in [0.05, 0.1) is 33.5 Å². The topological polar surface area (TPSA) is 102 Å². The lowest BCUT2D eigenvalue weighted by molar-refractivity contribution is -0.155. The third-order valence-electron chi connectivity index (χ3n) is 5.59. The number of hydrogen-bond donors (Lipinski definition) is 3. The fraction of sp³-hybridized carbons (Fsp3) is 0.542. The second-order valence-corrected chi connectivity index (χ2v) is 8.16. The van der Waals surface area contributed by atoms with Crippen molar-refractivity contribution in [3.63, 3.8) is 0 Å². The molecule has 0 radical (unpaired) electrons. The highest BCUT2D eigenvalue weighted by molar-refractivity contribution is 5.91. The molecule has 0 fully saturated rings. The third kappa shape index (κ3) is 6.48. The maximum atomic E-state index is 12.8. The number of aliphatic hydroxyl groups excluding tert-OH is 1. The summed E-state index contributed by atoms with van der Waals surface area (Å²) in [6, 6.07) is 5.90. The molecule has 2 heterocycles. The van der Waals surface area contributed by atoms with Gasteiger partial charge in [0.25, 0.3) is 5.91 Å². The van der Waals surface area contributed by atoms with Crippen molar-refractivity contribution in [1.29, 1.82) is 0 Å². The van der Waals surface area contributed by atoms with Crippen LogP contribution in [0.5, 0.6) is 5.75 Å². The van der Waals surface area contributed by atoms with E-state index in [0.29, 0.717) is 44.3 Å². The van der Waals surface area contributed by atoms with Gasteiger partial charge in [0.15, 0.2) is 5.76 Å². The van der Waals surface area contributed by atoms with Crippen LogP contribution in [-0.2, 0) is 25.4 Å². The number of allylic oxidation sites excluding steroid dienone is 1. The van der Waals surface area contributed by atoms with Crippen molar-refractivity contribution in [2.45, 2.75) is 33.0 Å². The summed E-state index contributed by atoms with van der Waals surface area (Å²) >= 11 is 0. The van der Waals surface area contributed by atoms with Crippen molar-refractivity contribution >= 4 is 16.8 Å². The summed E-state index contributed by atoms with van der Waals surface area (Å²) in [5, 5.41) is 12.8. The highest BCUT2D eigenvalue weighted by atomic mass is 16.7. The number of H-pyrrole nitrogens is 1. The number of methoxy groups -OCH3 is 1. The number of aromatic amines is 1. The van der Waals surface area contributed by atoms with E-state index in [1.54, 1.807) is 7.11 Å². The predicted molar refractivity (Wildman–Crippen MR) is 121 cm³/mol. The zero-order valence-corrected chi connectivity index (χ0v) is 19.1. The minimum atomic E-state index is -0.494. The summed E-state index contributed by atoms with van der Waals surface area (Å²) in [5.74, 6) is 1.42. The van der Waals surface area contributed by atoms with Crippen LogP contribution in [0.1, 0.15) is 25.8 Å². The maximum Gasteiger partial charge on any atom is 0.286 e. The molecule has 0 saturated carbocycles. The first-order valence-corrected chi connectivity index (χ1v) is 11.1. The van der Waals surface area contributed by atoms with Crippen LogP contribution in [0.25, 0.3) is 10.9 Å². The van der Waals surface area contributed by atoms with Gasteiger partial charge in [-0.2, -0.15) is 0 Å². The number of amides is 1. The predicted octanol–water partition coefficient (Wildman–Crippen LogP) is 2.76. The van der Waals surface area contributed by atoms with Gasteiger partial charge in [-0.1, -0.05) is 13.8 Å². The highest BCUT2D eigenvalue weighted by Gasteiger charge is 2.29. The first kappa shape index (κ1) is 24.1. The first-order chi connectivity index (χ1) is 15.5. The molecule has 2 atom stereocenters. The summed E-state index contributed by atoms with van der Waals surface area (Å²) in [6.07, 6.45) is 4.74. The summed E-state index contributed by atoms with van der Waals surface area (Å²) in [6.45, 7) is 5.69. The number of rotatable bonds is 12. The molecule has 8 nitrogen and oxygen atoms in total. The zero-order chi connectivity index (χ0) is 22.9. The molecule has 1 amide bonds. The average molecular weight is 447 g/mol. The molecule has 2 aromatic rings. The number of hydrogen-bond acceptors (Lipinski definition) is 6. The maximum absolute atomic E-state index is 12.8. The number of ether oxygens (including phenoxy) is 4. The Kier molecular flexibility index (Phi) is 8.96. The quantitative estimate of drug-likeness (QED) is 0.434. The van der Waals surface area contributed by atoms with E-state index in [1.807, 2.05) is 30.5 Å². The van der Waals surface area contributed by atoms with Crippen LogP contribution in [0.4, 0.5) is 0 Å². The molecule has 1 aromatic heterocycles. The van der Waals surface area contributed by atoms with E-state index in [2.05, 4.69) is 24.1 Å². The first-order valence-electron chi connectivity index (χ1n) is 11.1. The summed E-state index contributed by atoms with van der Waals surface area (Å²) < 4.78 is 22.1. The van der Waals surface area contributed by atoms with Gasteiger partial charge in [-0.3, -0.25) is 4.79 Å². The van der Waals surface area contributed by atoms with E-state index in [9.17, 15) is 4.79 Å². The number of aromatic nitrogens is 1. The van der Waals surface area contributed by atoms with Gasteiger partial charge < -0.3 is 34.4 Å². The van der Waals surface area contributed by atoms with Gasteiger partial charge in [-0.15, -0.1) is 0 Å². The van der Waals surface area contributed by atoms with Gasteiger partial charge >= 0.3 is 0 Å². The van der Waals surface area contributed by atoms with E-state index < -0.39 is 6.29 Å². The van der Waals surface area contributed by atoms with Crippen molar-refractivity contribution in [3.8, 4) is 5.75 Å². The van der Waals surface area contributed by atoms with Crippen LogP contribution in [0.3, 0.4) is 0 Å². The molecule has 0 aliphatic carbocycles. The molecule has 1 aromatic carbocycles. The Morgan fingerprint density at radius 1 is 1.31 bits per heavy atom. The molecule has 1 aliphatic rings. The molecule has 8 heteroatoms. The van der Waals surface area contributed by atoms with E-state index in [-0.39, 0.29) is 25.0 Å². The van der Waals surface area contributed by atoms with Crippen LogP contribution in [0.15, 0.2) is 36.2 Å². The van der Waals surface area contributed by atoms with E-state index in [1.165, 1.54) is 0 Å². The largest absolute Gasteiger partial charge is 0.497 e. The lowest BCUT2D eigenvalue weighted by Crippen LogP contribution is -2.35. The second kappa shape index (κ2) is 11.9. The molecule has 0 saturated heterocycles. The van der Waals surface area contributed by atoms with Crippen LogP contribution in [0.2, 0.25) is 0 Å². The number of fused-ring (bicyclic) bond motifs is 1. The smallest absolute Gasteiger partial charge is 0.286 e. The molecule has 176 valence electrons. The van der Waals surface area contributed by atoms with Crippen LogP contribution < -0.4 is 10.1 Å². The number of carbonyl (C=O) groups excluding carboxylic acids is 1.